The summed E-state index contributed by atoms with van der Waals surface area (Å²) in [4.78, 5) is 16.3. The molecule has 0 aliphatic heterocycles. The van der Waals surface area contributed by atoms with Crippen molar-refractivity contribution in [1.82, 2.24) is 4.57 Å². The lowest BCUT2D eigenvalue weighted by molar-refractivity contribution is -0.117. The van der Waals surface area contributed by atoms with Gasteiger partial charge in [-0.15, -0.1) is 6.42 Å². The third-order valence-corrected chi connectivity index (χ3v) is 5.01. The molecule has 110 valence electrons. The lowest BCUT2D eigenvalue weighted by Crippen LogP contribution is -2.16. The minimum absolute atomic E-state index is 0.234. The van der Waals surface area contributed by atoms with Gasteiger partial charge in [0.25, 0.3) is 0 Å². The van der Waals surface area contributed by atoms with Crippen molar-refractivity contribution in [2.45, 2.75) is 24.8 Å². The van der Waals surface area contributed by atoms with E-state index in [9.17, 15) is 13.2 Å². The molecule has 21 heavy (non-hydrogen) atoms. The number of sulfone groups is 1. The Morgan fingerprint density at radius 3 is 2.76 bits per heavy atom. The number of thiazole rings is 1. The van der Waals surface area contributed by atoms with E-state index >= 15 is 0 Å². The third-order valence-electron chi connectivity index (χ3n) is 2.85. The number of aromatic nitrogens is 1. The smallest absolute Gasteiger partial charge is 0.248 e. The monoisotopic (exact) mass is 322 g/mol. The topological polar surface area (TPSA) is 68.5 Å². The van der Waals surface area contributed by atoms with Crippen LogP contribution in [0.3, 0.4) is 0 Å². The van der Waals surface area contributed by atoms with Crippen LogP contribution in [-0.4, -0.2) is 25.1 Å². The molecule has 2 aromatic rings. The summed E-state index contributed by atoms with van der Waals surface area (Å²) in [6.07, 6.45) is 6.81. The average Bonchev–Trinajstić information content (AvgIpc) is 2.75. The molecular weight excluding hydrogens is 308 g/mol. The Balaban J connectivity index is 2.77. The van der Waals surface area contributed by atoms with E-state index in [1.165, 1.54) is 17.4 Å². The minimum atomic E-state index is -3.28. The van der Waals surface area contributed by atoms with Gasteiger partial charge in [-0.25, -0.2) is 8.42 Å². The van der Waals surface area contributed by atoms with Crippen LogP contribution in [0.25, 0.3) is 10.2 Å². The number of benzene rings is 1. The molecule has 0 bridgehead atoms. The first-order valence-corrected chi connectivity index (χ1v) is 8.92. The summed E-state index contributed by atoms with van der Waals surface area (Å²) in [7, 11) is -3.28. The van der Waals surface area contributed by atoms with Crippen LogP contribution in [0.4, 0.5) is 0 Å². The zero-order valence-electron chi connectivity index (χ0n) is 11.7. The van der Waals surface area contributed by atoms with Crippen LogP contribution in [-0.2, 0) is 21.2 Å². The van der Waals surface area contributed by atoms with E-state index in [-0.39, 0.29) is 17.3 Å². The lowest BCUT2D eigenvalue weighted by Gasteiger charge is -2.01. The molecule has 1 heterocycles. The van der Waals surface area contributed by atoms with E-state index in [1.54, 1.807) is 23.6 Å². The number of rotatable bonds is 3. The van der Waals surface area contributed by atoms with Gasteiger partial charge in [0.05, 0.1) is 21.7 Å². The molecule has 0 fully saturated rings. The highest BCUT2D eigenvalue weighted by Gasteiger charge is 2.12. The van der Waals surface area contributed by atoms with E-state index in [4.69, 9.17) is 6.42 Å². The molecule has 0 aliphatic rings. The van der Waals surface area contributed by atoms with Crippen molar-refractivity contribution in [2.75, 3.05) is 6.26 Å². The number of terminal acetylenes is 1. The van der Waals surface area contributed by atoms with Crippen molar-refractivity contribution in [3.63, 3.8) is 0 Å². The van der Waals surface area contributed by atoms with E-state index in [0.717, 1.165) is 16.5 Å². The molecule has 1 aromatic heterocycles. The number of nitrogens with zero attached hydrogens (tertiary/aromatic N) is 2. The Labute approximate surface area is 126 Å². The molecule has 0 spiro atoms. The summed E-state index contributed by atoms with van der Waals surface area (Å²) < 4.78 is 25.7. The summed E-state index contributed by atoms with van der Waals surface area (Å²) in [6, 6.07) is 4.80. The molecule has 5 nitrogen and oxygen atoms in total. The Morgan fingerprint density at radius 1 is 1.48 bits per heavy atom. The maximum atomic E-state index is 11.6. The van der Waals surface area contributed by atoms with Gasteiger partial charge in [-0.05, 0) is 18.2 Å². The fourth-order valence-corrected chi connectivity index (χ4v) is 3.61. The van der Waals surface area contributed by atoms with Gasteiger partial charge in [0, 0.05) is 12.7 Å². The molecule has 1 aromatic carbocycles. The lowest BCUT2D eigenvalue weighted by atomic mass is 10.3. The number of carbonyl (C=O) groups excluding carboxylic acids is 1. The molecule has 0 unspecified atom stereocenters. The molecular formula is C14H14N2O3S2. The highest BCUT2D eigenvalue weighted by atomic mass is 32.2. The number of hydrogen-bond donors (Lipinski definition) is 0. The maximum absolute atomic E-state index is 11.6. The fraction of sp³-hybridized carbons (Fsp3) is 0.286. The second-order valence-electron chi connectivity index (χ2n) is 4.44. The van der Waals surface area contributed by atoms with Crippen LogP contribution in [0.2, 0.25) is 0 Å². The summed E-state index contributed by atoms with van der Waals surface area (Å²) >= 11 is 1.25. The Kier molecular flexibility index (Phi) is 4.30. The standard InChI is InChI=1S/C14H14N2O3S2/c1-4-8-16-11-7-6-10(21(3,18)19)9-12(11)20-14(16)15-13(17)5-2/h1,6-7,9H,5,8H2,2-3H3. The van der Waals surface area contributed by atoms with Crippen LogP contribution < -0.4 is 4.80 Å². The fourth-order valence-electron chi connectivity index (χ4n) is 1.80. The SMILES string of the molecule is C#CCn1c(=NC(=O)CC)sc2cc(S(C)(=O)=O)ccc21. The average molecular weight is 322 g/mol. The normalized spacial score (nSPS) is 12.5. The second-order valence-corrected chi connectivity index (χ2v) is 7.46. The van der Waals surface area contributed by atoms with Crippen molar-refractivity contribution in [3.05, 3.63) is 23.0 Å². The first kappa shape index (κ1) is 15.5. The largest absolute Gasteiger partial charge is 0.305 e. The summed E-state index contributed by atoms with van der Waals surface area (Å²) in [5, 5.41) is 0. The first-order valence-electron chi connectivity index (χ1n) is 6.21. The predicted molar refractivity (Wildman–Crippen MR) is 82.6 cm³/mol. The Bertz CT molecular complexity index is 912. The zero-order valence-corrected chi connectivity index (χ0v) is 13.3. The van der Waals surface area contributed by atoms with Crippen molar-refractivity contribution >= 4 is 37.3 Å². The van der Waals surface area contributed by atoms with Crippen LogP contribution in [0, 0.1) is 12.3 Å². The Morgan fingerprint density at radius 2 is 2.19 bits per heavy atom. The predicted octanol–water partition coefficient (Wildman–Crippen LogP) is 1.58. The van der Waals surface area contributed by atoms with Crippen LogP contribution in [0.5, 0.6) is 0 Å². The number of hydrogen-bond acceptors (Lipinski definition) is 4. The van der Waals surface area contributed by atoms with Gasteiger partial charge in [-0.1, -0.05) is 24.2 Å². The molecule has 2 rings (SSSR count). The highest BCUT2D eigenvalue weighted by Crippen LogP contribution is 2.21. The van der Waals surface area contributed by atoms with Gasteiger partial charge in [0.1, 0.15) is 0 Å². The molecule has 0 N–H and O–H groups in total. The quantitative estimate of drug-likeness (QED) is 0.806. The van der Waals surface area contributed by atoms with Crippen LogP contribution in [0.15, 0.2) is 28.1 Å². The molecule has 7 heteroatoms. The summed E-state index contributed by atoms with van der Waals surface area (Å²) in [5.41, 5.74) is 0.771. The number of fused-ring (bicyclic) bond motifs is 1. The summed E-state index contributed by atoms with van der Waals surface area (Å²) in [6.45, 7) is 2.00. The van der Waals surface area contributed by atoms with Crippen molar-refractivity contribution < 1.29 is 13.2 Å². The van der Waals surface area contributed by atoms with Gasteiger partial charge < -0.3 is 4.57 Å². The van der Waals surface area contributed by atoms with Gasteiger partial charge in [-0.2, -0.15) is 4.99 Å². The third kappa shape index (κ3) is 3.23. The van der Waals surface area contributed by atoms with E-state index < -0.39 is 9.84 Å². The van der Waals surface area contributed by atoms with E-state index in [1.807, 2.05) is 0 Å². The molecule has 0 aliphatic carbocycles. The van der Waals surface area contributed by atoms with Gasteiger partial charge in [0.2, 0.25) is 5.91 Å². The second kappa shape index (κ2) is 5.84. The zero-order chi connectivity index (χ0) is 15.6. The van der Waals surface area contributed by atoms with Crippen molar-refractivity contribution in [1.29, 1.82) is 0 Å². The highest BCUT2D eigenvalue weighted by molar-refractivity contribution is 7.90. The molecule has 0 atom stereocenters. The van der Waals surface area contributed by atoms with Crippen molar-refractivity contribution in [2.24, 2.45) is 4.99 Å². The number of amides is 1. The van der Waals surface area contributed by atoms with Gasteiger partial charge >= 0.3 is 0 Å². The van der Waals surface area contributed by atoms with E-state index in [0.29, 0.717) is 11.2 Å². The molecule has 1 amide bonds. The molecule has 0 radical (unpaired) electrons. The summed E-state index contributed by atoms with van der Waals surface area (Å²) in [5.74, 6) is 2.28. The maximum Gasteiger partial charge on any atom is 0.248 e. The van der Waals surface area contributed by atoms with Crippen LogP contribution >= 0.6 is 11.3 Å². The van der Waals surface area contributed by atoms with Gasteiger partial charge in [-0.3, -0.25) is 4.79 Å². The first-order chi connectivity index (χ1) is 9.86. The number of carbonyl (C=O) groups is 1. The minimum Gasteiger partial charge on any atom is -0.305 e. The Hall–Kier alpha value is -1.91. The molecule has 0 saturated carbocycles. The van der Waals surface area contributed by atoms with Gasteiger partial charge in [0.15, 0.2) is 14.6 Å². The van der Waals surface area contributed by atoms with Crippen LogP contribution in [0.1, 0.15) is 13.3 Å². The molecule has 0 saturated heterocycles. The van der Waals surface area contributed by atoms with E-state index in [2.05, 4.69) is 10.9 Å². The van der Waals surface area contributed by atoms with Crippen molar-refractivity contribution in [3.8, 4) is 12.3 Å².